The van der Waals surface area contributed by atoms with Gasteiger partial charge in [-0.05, 0) is 36.0 Å². The third-order valence-electron chi connectivity index (χ3n) is 4.74. The smallest absolute Gasteiger partial charge is 0.371 e. The summed E-state index contributed by atoms with van der Waals surface area (Å²) < 4.78 is 29.4. The van der Waals surface area contributed by atoms with Gasteiger partial charge in [0.15, 0.2) is 13.6 Å². The Balaban J connectivity index is 1.79. The molecule has 168 valence electrons. The van der Waals surface area contributed by atoms with E-state index in [1.54, 1.807) is 36.4 Å². The second-order valence-electron chi connectivity index (χ2n) is 7.88. The van der Waals surface area contributed by atoms with Crippen LogP contribution in [0.2, 0.25) is 0 Å². The van der Waals surface area contributed by atoms with Crippen LogP contribution in [-0.2, 0) is 20.0 Å². The van der Waals surface area contributed by atoms with Gasteiger partial charge in [0.05, 0.1) is 5.76 Å². The first kappa shape index (κ1) is 23.9. The van der Waals surface area contributed by atoms with Crippen molar-refractivity contribution in [3.63, 3.8) is 0 Å². The number of benzene rings is 1. The Morgan fingerprint density at radius 1 is 1.26 bits per heavy atom. The van der Waals surface area contributed by atoms with E-state index in [0.717, 1.165) is 0 Å². The van der Waals surface area contributed by atoms with Gasteiger partial charge >= 0.3 is 7.60 Å². The third kappa shape index (κ3) is 5.18. The van der Waals surface area contributed by atoms with Crippen molar-refractivity contribution in [2.45, 2.75) is 38.1 Å². The van der Waals surface area contributed by atoms with Gasteiger partial charge < -0.3 is 19.6 Å². The molecule has 4 unspecified atom stereocenters. The lowest BCUT2D eigenvalue weighted by Gasteiger charge is -2.45. The van der Waals surface area contributed by atoms with Crippen LogP contribution in [0.4, 0.5) is 0 Å². The summed E-state index contributed by atoms with van der Waals surface area (Å²) in [4.78, 5) is 25.3. The van der Waals surface area contributed by atoms with Gasteiger partial charge in [0.25, 0.3) is 0 Å². The first-order valence-corrected chi connectivity index (χ1v) is 13.1. The lowest BCUT2D eigenvalue weighted by Crippen LogP contribution is -2.38. The lowest BCUT2D eigenvalue weighted by molar-refractivity contribution is -0.0473. The maximum atomic E-state index is 13.0. The van der Waals surface area contributed by atoms with Crippen LogP contribution in [0.3, 0.4) is 0 Å². The number of ether oxygens (including phenoxy) is 1. The molecule has 2 heterocycles. The van der Waals surface area contributed by atoms with Crippen molar-refractivity contribution >= 4 is 21.2 Å². The number of rotatable bonds is 7. The van der Waals surface area contributed by atoms with Crippen LogP contribution in [-0.4, -0.2) is 31.3 Å². The predicted octanol–water partition coefficient (Wildman–Crippen LogP) is 4.41. The van der Waals surface area contributed by atoms with Crippen LogP contribution < -0.4 is 4.74 Å². The second-order valence-corrected chi connectivity index (χ2v) is 12.6. The van der Waals surface area contributed by atoms with Gasteiger partial charge in [-0.2, -0.15) is 0 Å². The van der Waals surface area contributed by atoms with Gasteiger partial charge in [0.1, 0.15) is 5.75 Å². The van der Waals surface area contributed by atoms with Crippen LogP contribution >= 0.6 is 14.9 Å². The first-order chi connectivity index (χ1) is 14.4. The topological polar surface area (TPSA) is 118 Å². The Bertz CT molecular complexity index is 998. The maximum Gasteiger partial charge on any atom is 0.371 e. The van der Waals surface area contributed by atoms with Gasteiger partial charge in [0, 0.05) is 30.8 Å². The summed E-state index contributed by atoms with van der Waals surface area (Å²) in [6, 6.07) is 9.62. The van der Waals surface area contributed by atoms with Gasteiger partial charge in [-0.1, -0.05) is 38.6 Å². The van der Waals surface area contributed by atoms with Gasteiger partial charge in [0.2, 0.25) is 5.08 Å². The molecule has 3 rings (SSSR count). The number of aliphatic hydroxyl groups is 1. The predicted molar refractivity (Wildman–Crippen MR) is 120 cm³/mol. The molecule has 2 aromatic rings. The van der Waals surface area contributed by atoms with Crippen molar-refractivity contribution < 1.29 is 33.2 Å². The summed E-state index contributed by atoms with van der Waals surface area (Å²) in [6.45, 7) is 7.99. The largest absolute Gasteiger partial charge is 0.462 e. The van der Waals surface area contributed by atoms with Crippen molar-refractivity contribution in [1.82, 2.24) is 4.98 Å². The highest BCUT2D eigenvalue weighted by molar-refractivity contribution is 7.78. The summed E-state index contributed by atoms with van der Waals surface area (Å²) in [6.07, 6.45) is 5.42. The second kappa shape index (κ2) is 9.00. The molecule has 0 spiro atoms. The van der Waals surface area contributed by atoms with E-state index in [1.807, 2.05) is 0 Å². The summed E-state index contributed by atoms with van der Waals surface area (Å²) in [5.74, 6) is 1.55. The SMILES string of the molecule is C=C(CC(C)C)Oc1ccc(C2OP(=C)(O)C(O)(Cc3cccnc3)P(=O)(O)O2)cc1. The summed E-state index contributed by atoms with van der Waals surface area (Å²) in [7, 11) is -8.80. The van der Waals surface area contributed by atoms with Gasteiger partial charge in [-0.25, -0.2) is 0 Å². The molecule has 0 radical (unpaired) electrons. The normalized spacial score (nSPS) is 30.8. The molecule has 1 fully saturated rings. The number of aromatic nitrogens is 1. The average molecular weight is 467 g/mol. The standard InChI is InChI=1S/C21H27NO7P2/c1-15(2)12-16(3)27-19-9-7-18(8-10-19)20-28-30(4,24)21(23,31(25,26)29-20)13-17-6-5-11-22-14-17/h5-11,14-15,20,23-24H,3-4,12-13H2,1-2H3,(H,25,26). The zero-order valence-corrected chi connectivity index (χ0v) is 19.2. The molecule has 1 aliphatic heterocycles. The molecule has 31 heavy (non-hydrogen) atoms. The highest BCUT2D eigenvalue weighted by Gasteiger charge is 2.62. The number of pyridine rings is 1. The Morgan fingerprint density at radius 3 is 2.48 bits per heavy atom. The fraction of sp³-hybridized carbons (Fsp3) is 0.333. The molecule has 0 saturated carbocycles. The number of hydrogen-bond acceptors (Lipinski definition) is 7. The van der Waals surface area contributed by atoms with Crippen molar-refractivity contribution in [3.8, 4) is 5.75 Å². The van der Waals surface area contributed by atoms with Crippen LogP contribution in [0.15, 0.2) is 61.1 Å². The molecule has 1 aromatic carbocycles. The van der Waals surface area contributed by atoms with E-state index in [0.29, 0.717) is 35.0 Å². The van der Waals surface area contributed by atoms with Crippen LogP contribution in [0, 0.1) is 5.92 Å². The number of nitrogens with zero attached hydrogens (tertiary/aromatic N) is 1. The maximum absolute atomic E-state index is 13.0. The molecule has 0 amide bonds. The monoisotopic (exact) mass is 467 g/mol. The first-order valence-electron chi connectivity index (χ1n) is 9.66. The molecule has 3 N–H and O–H groups in total. The quantitative estimate of drug-likeness (QED) is 0.405. The highest BCUT2D eigenvalue weighted by atomic mass is 31.2. The Kier molecular flexibility index (Phi) is 6.94. The van der Waals surface area contributed by atoms with E-state index in [-0.39, 0.29) is 0 Å². The molecule has 8 nitrogen and oxygen atoms in total. The van der Waals surface area contributed by atoms with Gasteiger partial charge in [-0.15, -0.1) is 0 Å². The fourth-order valence-electron chi connectivity index (χ4n) is 3.15. The minimum absolute atomic E-state index is 0.363. The van der Waals surface area contributed by atoms with Crippen molar-refractivity contribution in [2.75, 3.05) is 0 Å². The van der Waals surface area contributed by atoms with E-state index >= 15 is 0 Å². The summed E-state index contributed by atoms with van der Waals surface area (Å²) >= 11 is 0. The van der Waals surface area contributed by atoms with E-state index in [9.17, 15) is 19.5 Å². The fourth-order valence-corrected chi connectivity index (χ4v) is 7.14. The zero-order chi connectivity index (χ0) is 22.9. The van der Waals surface area contributed by atoms with Crippen LogP contribution in [0.5, 0.6) is 5.75 Å². The molecule has 0 aliphatic carbocycles. The number of hydrogen-bond donors (Lipinski definition) is 3. The molecular formula is C21H27NO7P2. The Morgan fingerprint density at radius 2 is 1.94 bits per heavy atom. The van der Waals surface area contributed by atoms with Gasteiger partial charge in [-0.3, -0.25) is 18.6 Å². The Labute approximate surface area is 181 Å². The minimum Gasteiger partial charge on any atom is -0.462 e. The van der Waals surface area contributed by atoms with Crippen molar-refractivity contribution in [2.24, 2.45) is 5.92 Å². The number of allylic oxidation sites excluding steroid dienone is 1. The molecule has 4 atom stereocenters. The molecule has 1 aromatic heterocycles. The highest BCUT2D eigenvalue weighted by Crippen LogP contribution is 2.78. The minimum atomic E-state index is -4.77. The van der Waals surface area contributed by atoms with Crippen molar-refractivity contribution in [1.29, 1.82) is 0 Å². The third-order valence-corrected chi connectivity index (χ3v) is 9.79. The lowest BCUT2D eigenvalue weighted by atomic mass is 10.1. The Hall–Kier alpha value is -1.76. The van der Waals surface area contributed by atoms with E-state index < -0.39 is 32.7 Å². The zero-order valence-electron chi connectivity index (χ0n) is 17.4. The summed E-state index contributed by atoms with van der Waals surface area (Å²) in [5, 5.41) is 8.39. The average Bonchev–Trinajstić information content (AvgIpc) is 2.66. The van der Waals surface area contributed by atoms with Crippen LogP contribution in [0.25, 0.3) is 0 Å². The van der Waals surface area contributed by atoms with Crippen LogP contribution in [0.1, 0.15) is 37.7 Å². The summed E-state index contributed by atoms with van der Waals surface area (Å²) in [5.41, 5.74) is 0.789. The molecule has 1 saturated heterocycles. The molecule has 10 heteroatoms. The van der Waals surface area contributed by atoms with Crippen molar-refractivity contribution in [3.05, 3.63) is 72.3 Å². The van der Waals surface area contributed by atoms with E-state index in [1.165, 1.54) is 12.4 Å². The molecule has 1 aliphatic rings. The molecule has 0 bridgehead atoms. The van der Waals surface area contributed by atoms with E-state index in [4.69, 9.17) is 13.8 Å². The molecular weight excluding hydrogens is 440 g/mol. The van der Waals surface area contributed by atoms with E-state index in [2.05, 4.69) is 31.7 Å².